The number of piperidine rings is 1. The summed E-state index contributed by atoms with van der Waals surface area (Å²) in [6.45, 7) is 4.11. The molecule has 1 aliphatic rings. The summed E-state index contributed by atoms with van der Waals surface area (Å²) in [7, 11) is 1.33. The summed E-state index contributed by atoms with van der Waals surface area (Å²) in [5, 5.41) is 15.5. The topological polar surface area (TPSA) is 105 Å². The van der Waals surface area contributed by atoms with Crippen LogP contribution >= 0.6 is 0 Å². The number of benzene rings is 1. The molecule has 1 saturated heterocycles. The highest BCUT2D eigenvalue weighted by Gasteiger charge is 2.20. The molecule has 37 heavy (non-hydrogen) atoms. The van der Waals surface area contributed by atoms with Gasteiger partial charge in [0.05, 0.1) is 37.0 Å². The van der Waals surface area contributed by atoms with Gasteiger partial charge in [-0.05, 0) is 56.5 Å². The molecular weight excluding hydrogens is 482 g/mol. The van der Waals surface area contributed by atoms with Crippen LogP contribution in [0, 0.1) is 18.6 Å². The molecule has 9 nitrogen and oxygen atoms in total. The third-order valence-electron chi connectivity index (χ3n) is 6.26. The average molecular weight is 515 g/mol. The van der Waals surface area contributed by atoms with Crippen LogP contribution in [0.4, 0.5) is 26.2 Å². The second-order valence-corrected chi connectivity index (χ2v) is 8.86. The molecule has 0 saturated carbocycles. The molecule has 0 amide bonds. The lowest BCUT2D eigenvalue weighted by Crippen LogP contribution is -2.43. The Balaban J connectivity index is 1.29. The minimum absolute atomic E-state index is 0.0383. The van der Waals surface area contributed by atoms with Crippen molar-refractivity contribution in [2.45, 2.75) is 38.8 Å². The first-order valence-corrected chi connectivity index (χ1v) is 12.3. The van der Waals surface area contributed by atoms with Gasteiger partial charge in [-0.15, -0.1) is 0 Å². The van der Waals surface area contributed by atoms with Gasteiger partial charge in [-0.1, -0.05) is 0 Å². The summed E-state index contributed by atoms with van der Waals surface area (Å²) in [5.74, 6) is 0.0195. The van der Waals surface area contributed by atoms with E-state index in [2.05, 4.69) is 30.5 Å². The molecule has 11 heteroatoms. The van der Waals surface area contributed by atoms with Crippen molar-refractivity contribution in [1.82, 2.24) is 20.3 Å². The maximum absolute atomic E-state index is 14.4. The van der Waals surface area contributed by atoms with Crippen LogP contribution in [-0.4, -0.2) is 59.5 Å². The highest BCUT2D eigenvalue weighted by molar-refractivity contribution is 5.55. The molecule has 0 aliphatic carbocycles. The van der Waals surface area contributed by atoms with Crippen LogP contribution in [-0.2, 0) is 6.61 Å². The lowest BCUT2D eigenvalue weighted by molar-refractivity contribution is 0.280. The van der Waals surface area contributed by atoms with E-state index in [4.69, 9.17) is 14.6 Å². The van der Waals surface area contributed by atoms with E-state index in [1.165, 1.54) is 32.5 Å². The van der Waals surface area contributed by atoms with Gasteiger partial charge < -0.3 is 30.1 Å². The standard InChI is InChI=1S/C26H32F2N6O3/c1-17-12-22(36-2)25(28)21(24(17)27)16-37-20-14-31-26(32-15-20)33-19-4-5-23(30-13-19)34-9-6-18(7-10-34)29-8-3-11-35/h4-5,12-15,18,29,35H,3,6-11,16H2,1-2H3,(H,31,32,33). The Kier molecular flexibility index (Phi) is 9.02. The van der Waals surface area contributed by atoms with Crippen LogP contribution in [0.1, 0.15) is 30.4 Å². The first-order chi connectivity index (χ1) is 18.0. The van der Waals surface area contributed by atoms with Crippen molar-refractivity contribution >= 4 is 17.5 Å². The molecule has 1 fully saturated rings. The molecule has 0 bridgehead atoms. The van der Waals surface area contributed by atoms with E-state index in [9.17, 15) is 8.78 Å². The van der Waals surface area contributed by atoms with Gasteiger partial charge >= 0.3 is 0 Å². The zero-order chi connectivity index (χ0) is 26.2. The van der Waals surface area contributed by atoms with Crippen LogP contribution in [0.25, 0.3) is 0 Å². The average Bonchev–Trinajstić information content (AvgIpc) is 2.92. The number of aliphatic hydroxyl groups is 1. The molecule has 3 heterocycles. The number of hydrogen-bond acceptors (Lipinski definition) is 9. The van der Waals surface area contributed by atoms with Crippen molar-refractivity contribution in [3.63, 3.8) is 0 Å². The minimum Gasteiger partial charge on any atom is -0.494 e. The summed E-state index contributed by atoms with van der Waals surface area (Å²) >= 11 is 0. The number of aromatic nitrogens is 3. The molecule has 1 aliphatic heterocycles. The van der Waals surface area contributed by atoms with Crippen molar-refractivity contribution in [2.24, 2.45) is 0 Å². The van der Waals surface area contributed by atoms with Crippen LogP contribution < -0.4 is 25.0 Å². The second kappa shape index (κ2) is 12.6. The third-order valence-corrected chi connectivity index (χ3v) is 6.26. The van der Waals surface area contributed by atoms with Crippen LogP contribution in [0.2, 0.25) is 0 Å². The number of aryl methyl sites for hydroxylation is 1. The van der Waals surface area contributed by atoms with E-state index in [0.29, 0.717) is 12.0 Å². The van der Waals surface area contributed by atoms with Crippen molar-refractivity contribution in [1.29, 1.82) is 0 Å². The lowest BCUT2D eigenvalue weighted by Gasteiger charge is -2.33. The fraction of sp³-hybridized carbons (Fsp3) is 0.423. The molecule has 0 spiro atoms. The third kappa shape index (κ3) is 6.80. The fourth-order valence-corrected chi connectivity index (χ4v) is 4.17. The number of halogens is 2. The Morgan fingerprint density at radius 3 is 2.49 bits per heavy atom. The normalized spacial score (nSPS) is 14.0. The molecule has 3 N–H and O–H groups in total. The SMILES string of the molecule is COc1cc(C)c(F)c(COc2cnc(Nc3ccc(N4CCC(NCCCO)CC4)nc3)nc2)c1F. The molecule has 0 radical (unpaired) electrons. The monoisotopic (exact) mass is 514 g/mol. The minimum atomic E-state index is -0.792. The lowest BCUT2D eigenvalue weighted by atomic mass is 10.0. The number of aliphatic hydroxyl groups excluding tert-OH is 1. The van der Waals surface area contributed by atoms with E-state index in [0.717, 1.165) is 50.4 Å². The predicted molar refractivity (Wildman–Crippen MR) is 136 cm³/mol. The highest BCUT2D eigenvalue weighted by Crippen LogP contribution is 2.27. The second-order valence-electron chi connectivity index (χ2n) is 8.86. The zero-order valence-corrected chi connectivity index (χ0v) is 21.0. The van der Waals surface area contributed by atoms with Crippen LogP contribution in [0.3, 0.4) is 0 Å². The molecule has 0 unspecified atom stereocenters. The van der Waals surface area contributed by atoms with E-state index in [-0.39, 0.29) is 35.8 Å². The zero-order valence-electron chi connectivity index (χ0n) is 21.0. The van der Waals surface area contributed by atoms with E-state index in [1.807, 2.05) is 12.1 Å². The van der Waals surface area contributed by atoms with Crippen molar-refractivity contribution in [3.05, 3.63) is 59.6 Å². The first kappa shape index (κ1) is 26.5. The Labute approximate surface area is 214 Å². The maximum atomic E-state index is 14.4. The fourth-order valence-electron chi connectivity index (χ4n) is 4.17. The molecule has 3 aromatic rings. The van der Waals surface area contributed by atoms with Crippen molar-refractivity contribution in [3.8, 4) is 11.5 Å². The van der Waals surface area contributed by atoms with Gasteiger partial charge in [-0.2, -0.15) is 0 Å². The first-order valence-electron chi connectivity index (χ1n) is 12.3. The molecular formula is C26H32F2N6O3. The van der Waals surface area contributed by atoms with E-state index in [1.54, 1.807) is 6.20 Å². The van der Waals surface area contributed by atoms with Crippen molar-refractivity contribution < 1.29 is 23.4 Å². The Hall–Kier alpha value is -3.57. The van der Waals surface area contributed by atoms with Gasteiger partial charge in [0, 0.05) is 25.7 Å². The number of pyridine rings is 1. The Morgan fingerprint density at radius 1 is 1.08 bits per heavy atom. The number of rotatable bonds is 11. The Bertz CT molecular complexity index is 1160. The number of ether oxygens (including phenoxy) is 2. The largest absolute Gasteiger partial charge is 0.494 e. The van der Waals surface area contributed by atoms with Crippen LogP contribution in [0.5, 0.6) is 11.5 Å². The van der Waals surface area contributed by atoms with Gasteiger partial charge in [0.1, 0.15) is 18.2 Å². The van der Waals surface area contributed by atoms with Crippen LogP contribution in [0.15, 0.2) is 36.8 Å². The maximum Gasteiger partial charge on any atom is 0.227 e. The molecule has 198 valence electrons. The van der Waals surface area contributed by atoms with Gasteiger partial charge in [-0.3, -0.25) is 0 Å². The number of nitrogens with zero attached hydrogens (tertiary/aromatic N) is 4. The summed E-state index contributed by atoms with van der Waals surface area (Å²) in [6, 6.07) is 5.66. The van der Waals surface area contributed by atoms with Gasteiger partial charge in [0.15, 0.2) is 17.3 Å². The van der Waals surface area contributed by atoms with Gasteiger partial charge in [-0.25, -0.2) is 23.7 Å². The van der Waals surface area contributed by atoms with E-state index < -0.39 is 11.6 Å². The number of hydrogen-bond donors (Lipinski definition) is 3. The summed E-state index contributed by atoms with van der Waals surface area (Å²) in [6.07, 6.45) is 7.43. The molecule has 4 rings (SSSR count). The van der Waals surface area contributed by atoms with E-state index >= 15 is 0 Å². The molecule has 2 aromatic heterocycles. The van der Waals surface area contributed by atoms with Gasteiger partial charge in [0.25, 0.3) is 0 Å². The summed E-state index contributed by atoms with van der Waals surface area (Å²) in [5.41, 5.74) is 0.782. The Morgan fingerprint density at radius 2 is 1.84 bits per heavy atom. The molecule has 1 aromatic carbocycles. The highest BCUT2D eigenvalue weighted by atomic mass is 19.1. The number of methoxy groups -OCH3 is 1. The smallest absolute Gasteiger partial charge is 0.227 e. The quantitative estimate of drug-likeness (QED) is 0.330. The molecule has 0 atom stereocenters. The predicted octanol–water partition coefficient (Wildman–Crippen LogP) is 3.73. The van der Waals surface area contributed by atoms with Gasteiger partial charge in [0.2, 0.25) is 5.95 Å². The summed E-state index contributed by atoms with van der Waals surface area (Å²) in [4.78, 5) is 15.2. The summed E-state index contributed by atoms with van der Waals surface area (Å²) < 4.78 is 39.3. The van der Waals surface area contributed by atoms with Crippen molar-refractivity contribution in [2.75, 3.05) is 43.6 Å². The number of nitrogens with one attached hydrogen (secondary N) is 2. The number of anilines is 3.